The quantitative estimate of drug-likeness (QED) is 0.757. The topological polar surface area (TPSA) is 55.9 Å². The molecule has 1 aromatic carbocycles. The Bertz CT molecular complexity index is 656. The van der Waals surface area contributed by atoms with Crippen molar-refractivity contribution in [3.05, 3.63) is 47.9 Å². The van der Waals surface area contributed by atoms with Crippen LogP contribution in [-0.4, -0.2) is 22.0 Å². The first-order chi connectivity index (χ1) is 8.86. The van der Waals surface area contributed by atoms with Crippen LogP contribution in [-0.2, 0) is 13.1 Å². The molecule has 5 heteroatoms. The number of furan rings is 1. The summed E-state index contributed by atoms with van der Waals surface area (Å²) >= 11 is 0. The molecule has 5 nitrogen and oxygen atoms in total. The molecule has 0 bridgehead atoms. The lowest BCUT2D eigenvalue weighted by molar-refractivity contribution is 0.436. The minimum Gasteiger partial charge on any atom is -0.463 e. The van der Waals surface area contributed by atoms with Gasteiger partial charge in [0, 0.05) is 0 Å². The van der Waals surface area contributed by atoms with E-state index < -0.39 is 0 Å². The third-order valence-corrected chi connectivity index (χ3v) is 2.79. The van der Waals surface area contributed by atoms with E-state index in [4.69, 9.17) is 4.42 Å². The van der Waals surface area contributed by atoms with Crippen LogP contribution in [0.2, 0.25) is 0 Å². The molecule has 0 aliphatic heterocycles. The largest absolute Gasteiger partial charge is 0.463 e. The summed E-state index contributed by atoms with van der Waals surface area (Å²) < 4.78 is 7.54. The van der Waals surface area contributed by atoms with Gasteiger partial charge in [-0.15, -0.1) is 5.10 Å². The molecule has 2 aromatic heterocycles. The molecule has 0 saturated heterocycles. The van der Waals surface area contributed by atoms with Crippen molar-refractivity contribution in [2.24, 2.45) is 0 Å². The van der Waals surface area contributed by atoms with E-state index in [1.165, 1.54) is 0 Å². The number of hydrogen-bond donors (Lipinski definition) is 1. The molecule has 0 saturated carbocycles. The maximum absolute atomic E-state index is 5.70. The molecular formula is C13H14N4O. The van der Waals surface area contributed by atoms with Crippen LogP contribution in [0.4, 0.5) is 0 Å². The van der Waals surface area contributed by atoms with Crippen molar-refractivity contribution < 1.29 is 4.42 Å². The molecule has 3 aromatic rings. The molecule has 0 fully saturated rings. The molecule has 0 amide bonds. The highest BCUT2D eigenvalue weighted by Gasteiger charge is 2.07. The second-order valence-corrected chi connectivity index (χ2v) is 4.13. The maximum atomic E-state index is 5.70. The molecule has 1 N–H and O–H groups in total. The first-order valence-corrected chi connectivity index (χ1v) is 5.87. The summed E-state index contributed by atoms with van der Waals surface area (Å²) in [6.07, 6.45) is 0. The van der Waals surface area contributed by atoms with Crippen LogP contribution in [0.1, 0.15) is 11.5 Å². The number of benzene rings is 1. The number of aromatic nitrogens is 3. The fourth-order valence-electron chi connectivity index (χ4n) is 1.96. The predicted octanol–water partition coefficient (Wildman–Crippen LogP) is 1.79. The Hall–Kier alpha value is -2.14. The Morgan fingerprint density at radius 3 is 2.89 bits per heavy atom. The van der Waals surface area contributed by atoms with Crippen molar-refractivity contribution in [2.75, 3.05) is 7.05 Å². The van der Waals surface area contributed by atoms with Gasteiger partial charge >= 0.3 is 0 Å². The van der Waals surface area contributed by atoms with Gasteiger partial charge in [-0.1, -0.05) is 17.3 Å². The van der Waals surface area contributed by atoms with E-state index in [0.29, 0.717) is 6.54 Å². The zero-order valence-corrected chi connectivity index (χ0v) is 10.1. The zero-order valence-electron chi connectivity index (χ0n) is 10.1. The Morgan fingerprint density at radius 1 is 1.17 bits per heavy atom. The van der Waals surface area contributed by atoms with Crippen LogP contribution in [0.25, 0.3) is 11.0 Å². The molecule has 0 radical (unpaired) electrons. The van der Waals surface area contributed by atoms with Crippen LogP contribution < -0.4 is 5.32 Å². The summed E-state index contributed by atoms with van der Waals surface area (Å²) in [5, 5.41) is 11.3. The molecule has 3 rings (SSSR count). The Morgan fingerprint density at radius 2 is 2.00 bits per heavy atom. The lowest BCUT2D eigenvalue weighted by Crippen LogP contribution is -2.04. The van der Waals surface area contributed by atoms with Crippen LogP contribution in [0.3, 0.4) is 0 Å². The SMILES string of the molecule is CNCc1ccc(Cn2nnc3ccccc32)o1. The van der Waals surface area contributed by atoms with Crippen LogP contribution in [0.5, 0.6) is 0 Å². The molecule has 0 aliphatic rings. The van der Waals surface area contributed by atoms with E-state index in [0.717, 1.165) is 29.1 Å². The first kappa shape index (κ1) is 11.0. The minimum atomic E-state index is 0.601. The molecule has 0 spiro atoms. The highest BCUT2D eigenvalue weighted by molar-refractivity contribution is 5.73. The second-order valence-electron chi connectivity index (χ2n) is 4.13. The molecule has 92 valence electrons. The normalized spacial score (nSPS) is 11.2. The summed E-state index contributed by atoms with van der Waals surface area (Å²) in [5.74, 6) is 1.81. The summed E-state index contributed by atoms with van der Waals surface area (Å²) in [6, 6.07) is 11.9. The molecule has 18 heavy (non-hydrogen) atoms. The van der Waals surface area contributed by atoms with Crippen molar-refractivity contribution in [3.63, 3.8) is 0 Å². The molecular weight excluding hydrogens is 228 g/mol. The third-order valence-electron chi connectivity index (χ3n) is 2.79. The number of nitrogens with one attached hydrogen (secondary N) is 1. The number of para-hydroxylation sites is 1. The number of hydrogen-bond acceptors (Lipinski definition) is 4. The smallest absolute Gasteiger partial charge is 0.125 e. The second kappa shape index (κ2) is 4.62. The highest BCUT2D eigenvalue weighted by atomic mass is 16.3. The standard InChI is InChI=1S/C13H14N4O/c1-14-8-10-6-7-11(18-10)9-17-13-5-3-2-4-12(13)15-16-17/h2-7,14H,8-9H2,1H3. The minimum absolute atomic E-state index is 0.601. The van der Waals surface area contributed by atoms with Crippen molar-refractivity contribution in [1.82, 2.24) is 20.3 Å². The van der Waals surface area contributed by atoms with Gasteiger partial charge in [0.2, 0.25) is 0 Å². The fourth-order valence-corrected chi connectivity index (χ4v) is 1.96. The number of nitrogens with zero attached hydrogens (tertiary/aromatic N) is 3. The fraction of sp³-hybridized carbons (Fsp3) is 0.231. The van der Waals surface area contributed by atoms with Gasteiger partial charge in [0.05, 0.1) is 12.1 Å². The van der Waals surface area contributed by atoms with Crippen molar-refractivity contribution in [2.45, 2.75) is 13.1 Å². The van der Waals surface area contributed by atoms with Gasteiger partial charge in [0.1, 0.15) is 23.6 Å². The van der Waals surface area contributed by atoms with Gasteiger partial charge in [0.25, 0.3) is 0 Å². The van der Waals surface area contributed by atoms with E-state index in [1.54, 1.807) is 0 Å². The van der Waals surface area contributed by atoms with Crippen LogP contribution in [0.15, 0.2) is 40.8 Å². The van der Waals surface area contributed by atoms with Gasteiger partial charge < -0.3 is 9.73 Å². The van der Waals surface area contributed by atoms with Gasteiger partial charge in [-0.25, -0.2) is 4.68 Å². The zero-order chi connectivity index (χ0) is 12.4. The van der Waals surface area contributed by atoms with Crippen molar-refractivity contribution in [1.29, 1.82) is 0 Å². The summed E-state index contributed by atoms with van der Waals surface area (Å²) in [7, 11) is 1.90. The van der Waals surface area contributed by atoms with Gasteiger partial charge in [-0.05, 0) is 31.3 Å². The van der Waals surface area contributed by atoms with Crippen molar-refractivity contribution in [3.8, 4) is 0 Å². The third kappa shape index (κ3) is 2.00. The van der Waals surface area contributed by atoms with Crippen LogP contribution in [0, 0.1) is 0 Å². The average Bonchev–Trinajstić information content (AvgIpc) is 2.99. The number of rotatable bonds is 4. The van der Waals surface area contributed by atoms with Crippen molar-refractivity contribution >= 4 is 11.0 Å². The lowest BCUT2D eigenvalue weighted by Gasteiger charge is -1.99. The highest BCUT2D eigenvalue weighted by Crippen LogP contribution is 2.14. The summed E-state index contributed by atoms with van der Waals surface area (Å²) in [4.78, 5) is 0. The van der Waals surface area contributed by atoms with E-state index in [2.05, 4.69) is 15.6 Å². The monoisotopic (exact) mass is 242 g/mol. The molecule has 0 unspecified atom stereocenters. The molecule has 0 aliphatic carbocycles. The van der Waals surface area contributed by atoms with Gasteiger partial charge in [0.15, 0.2) is 0 Å². The van der Waals surface area contributed by atoms with Crippen LogP contribution >= 0.6 is 0 Å². The first-order valence-electron chi connectivity index (χ1n) is 5.87. The summed E-state index contributed by atoms with van der Waals surface area (Å²) in [5.41, 5.74) is 1.92. The lowest BCUT2D eigenvalue weighted by atomic mass is 10.3. The van der Waals surface area contributed by atoms with Gasteiger partial charge in [-0.3, -0.25) is 0 Å². The number of fused-ring (bicyclic) bond motifs is 1. The Labute approximate surface area is 104 Å². The van der Waals surface area contributed by atoms with Gasteiger partial charge in [-0.2, -0.15) is 0 Å². The van der Waals surface area contributed by atoms with E-state index in [1.807, 2.05) is 48.1 Å². The van der Waals surface area contributed by atoms with E-state index >= 15 is 0 Å². The van der Waals surface area contributed by atoms with E-state index in [9.17, 15) is 0 Å². The maximum Gasteiger partial charge on any atom is 0.125 e. The Balaban J connectivity index is 1.87. The molecule has 2 heterocycles. The molecule has 0 atom stereocenters. The summed E-state index contributed by atoms with van der Waals surface area (Å²) in [6.45, 7) is 1.34. The Kier molecular flexibility index (Phi) is 2.82. The average molecular weight is 242 g/mol. The van der Waals surface area contributed by atoms with E-state index in [-0.39, 0.29) is 0 Å². The predicted molar refractivity (Wildman–Crippen MR) is 68.1 cm³/mol.